The van der Waals surface area contributed by atoms with Crippen LogP contribution in [0.5, 0.6) is 0 Å². The minimum atomic E-state index is -0.233. The van der Waals surface area contributed by atoms with Gasteiger partial charge in [-0.25, -0.2) is 4.39 Å². The minimum Gasteiger partial charge on any atom is -0.303 e. The van der Waals surface area contributed by atoms with E-state index in [0.29, 0.717) is 10.6 Å². The third kappa shape index (κ3) is 2.72. The first-order chi connectivity index (χ1) is 10.6. The van der Waals surface area contributed by atoms with E-state index in [2.05, 4.69) is 5.43 Å². The lowest BCUT2D eigenvalue weighted by molar-refractivity contribution is 0.368. The van der Waals surface area contributed by atoms with E-state index in [1.165, 1.54) is 6.07 Å². The monoisotopic (exact) mass is 314 g/mol. The molecule has 0 unspecified atom stereocenters. The van der Waals surface area contributed by atoms with E-state index in [1.54, 1.807) is 12.1 Å². The van der Waals surface area contributed by atoms with Crippen LogP contribution in [0.3, 0.4) is 0 Å². The molecular formula is C18H16ClFN2. The highest BCUT2D eigenvalue weighted by molar-refractivity contribution is 6.30. The summed E-state index contributed by atoms with van der Waals surface area (Å²) in [5.41, 5.74) is 7.51. The maximum absolute atomic E-state index is 14.3. The smallest absolute Gasteiger partial charge is 0.131 e. The molecule has 1 aliphatic rings. The summed E-state index contributed by atoms with van der Waals surface area (Å²) in [7, 11) is 1.91. The standard InChI is InChI=1S/C18H16ClFN2/c1-12-18(15-5-3-4-6-17(15)20)16(11-22(2)21-12)13-7-9-14(19)10-8-13/h3-11,21H,1-2H3. The third-order valence-corrected chi connectivity index (χ3v) is 3.86. The normalized spacial score (nSPS) is 14.7. The van der Waals surface area contributed by atoms with E-state index >= 15 is 0 Å². The van der Waals surface area contributed by atoms with Crippen LogP contribution in [0.15, 0.2) is 60.4 Å². The molecule has 0 spiro atoms. The molecule has 1 aliphatic heterocycles. The van der Waals surface area contributed by atoms with Gasteiger partial charge in [-0.15, -0.1) is 0 Å². The Bertz CT molecular complexity index is 763. The number of benzene rings is 2. The van der Waals surface area contributed by atoms with Crippen molar-refractivity contribution in [3.8, 4) is 0 Å². The van der Waals surface area contributed by atoms with Gasteiger partial charge in [0.15, 0.2) is 0 Å². The number of nitrogens with one attached hydrogen (secondary N) is 1. The lowest BCUT2D eigenvalue weighted by atomic mass is 9.90. The van der Waals surface area contributed by atoms with Crippen LogP contribution in [0.4, 0.5) is 4.39 Å². The van der Waals surface area contributed by atoms with Crippen molar-refractivity contribution in [2.24, 2.45) is 0 Å². The molecule has 0 aliphatic carbocycles. The fourth-order valence-electron chi connectivity index (χ4n) is 2.67. The zero-order valence-corrected chi connectivity index (χ0v) is 13.2. The van der Waals surface area contributed by atoms with Gasteiger partial charge in [-0.2, -0.15) is 0 Å². The molecule has 22 heavy (non-hydrogen) atoms. The van der Waals surface area contributed by atoms with Gasteiger partial charge in [-0.1, -0.05) is 41.9 Å². The second-order valence-electron chi connectivity index (χ2n) is 5.25. The molecular weight excluding hydrogens is 299 g/mol. The van der Waals surface area contributed by atoms with Crippen molar-refractivity contribution >= 4 is 22.7 Å². The van der Waals surface area contributed by atoms with E-state index in [0.717, 1.165) is 22.4 Å². The summed E-state index contributed by atoms with van der Waals surface area (Å²) in [6, 6.07) is 14.4. The fraction of sp³-hybridized carbons (Fsp3) is 0.111. The van der Waals surface area contributed by atoms with Crippen LogP contribution >= 0.6 is 11.6 Å². The SMILES string of the molecule is CC1=C(c2ccccc2F)C(c2ccc(Cl)cc2)=CN(C)N1. The Morgan fingerprint density at radius 2 is 1.73 bits per heavy atom. The van der Waals surface area contributed by atoms with E-state index < -0.39 is 0 Å². The molecule has 0 bridgehead atoms. The number of hydrogen-bond acceptors (Lipinski definition) is 2. The summed E-state index contributed by atoms with van der Waals surface area (Å²) < 4.78 is 14.3. The predicted octanol–water partition coefficient (Wildman–Crippen LogP) is 4.70. The highest BCUT2D eigenvalue weighted by Crippen LogP contribution is 2.36. The molecule has 2 aromatic rings. The van der Waals surface area contributed by atoms with Crippen molar-refractivity contribution in [1.82, 2.24) is 10.4 Å². The maximum atomic E-state index is 14.3. The zero-order chi connectivity index (χ0) is 15.7. The van der Waals surface area contributed by atoms with E-state index in [-0.39, 0.29) is 5.82 Å². The van der Waals surface area contributed by atoms with Crippen LogP contribution in [0.2, 0.25) is 5.02 Å². The van der Waals surface area contributed by atoms with Gasteiger partial charge in [0.05, 0.1) is 0 Å². The Hall–Kier alpha value is -2.26. The second-order valence-corrected chi connectivity index (χ2v) is 5.69. The summed E-state index contributed by atoms with van der Waals surface area (Å²) in [5, 5.41) is 2.55. The van der Waals surface area contributed by atoms with E-state index in [4.69, 9.17) is 11.6 Å². The Kier molecular flexibility index (Phi) is 3.90. The van der Waals surface area contributed by atoms with Crippen LogP contribution in [-0.4, -0.2) is 12.1 Å². The van der Waals surface area contributed by atoms with Gasteiger partial charge in [0, 0.05) is 40.7 Å². The summed E-state index contributed by atoms with van der Waals surface area (Å²) in [5.74, 6) is -0.233. The van der Waals surface area contributed by atoms with E-state index in [9.17, 15) is 4.39 Å². The molecule has 4 heteroatoms. The van der Waals surface area contributed by atoms with Gasteiger partial charge in [0.2, 0.25) is 0 Å². The van der Waals surface area contributed by atoms with Gasteiger partial charge in [0.25, 0.3) is 0 Å². The molecule has 1 heterocycles. The average Bonchev–Trinajstić information content (AvgIpc) is 2.48. The molecule has 2 nitrogen and oxygen atoms in total. The third-order valence-electron chi connectivity index (χ3n) is 3.61. The highest BCUT2D eigenvalue weighted by atomic mass is 35.5. The van der Waals surface area contributed by atoms with Crippen LogP contribution < -0.4 is 5.43 Å². The first-order valence-corrected chi connectivity index (χ1v) is 7.37. The molecule has 0 radical (unpaired) electrons. The fourth-order valence-corrected chi connectivity index (χ4v) is 2.80. The van der Waals surface area contributed by atoms with Gasteiger partial charge in [-0.3, -0.25) is 5.01 Å². The number of nitrogens with zero attached hydrogens (tertiary/aromatic N) is 1. The van der Waals surface area contributed by atoms with Crippen molar-refractivity contribution in [2.75, 3.05) is 7.05 Å². The molecule has 0 saturated carbocycles. The summed E-state index contributed by atoms with van der Waals surface area (Å²) >= 11 is 5.97. The molecule has 0 aromatic heterocycles. The Morgan fingerprint density at radius 1 is 1.05 bits per heavy atom. The Morgan fingerprint density at radius 3 is 2.41 bits per heavy atom. The van der Waals surface area contributed by atoms with Crippen LogP contribution in [-0.2, 0) is 0 Å². The molecule has 112 valence electrons. The van der Waals surface area contributed by atoms with Gasteiger partial charge < -0.3 is 5.43 Å². The van der Waals surface area contributed by atoms with Crippen LogP contribution in [0, 0.1) is 5.82 Å². The van der Waals surface area contributed by atoms with Crippen molar-refractivity contribution in [3.05, 3.63) is 82.4 Å². The lowest BCUT2D eigenvalue weighted by Gasteiger charge is -2.29. The summed E-state index contributed by atoms with van der Waals surface area (Å²) in [4.78, 5) is 0. The Balaban J connectivity index is 2.17. The second kappa shape index (κ2) is 5.85. The molecule has 1 N–H and O–H groups in total. The molecule has 0 saturated heterocycles. The molecule has 2 aromatic carbocycles. The van der Waals surface area contributed by atoms with Crippen molar-refractivity contribution in [1.29, 1.82) is 0 Å². The first kappa shape index (κ1) is 14.7. The van der Waals surface area contributed by atoms with Crippen molar-refractivity contribution in [2.45, 2.75) is 6.92 Å². The van der Waals surface area contributed by atoms with Gasteiger partial charge >= 0.3 is 0 Å². The number of hydrazine groups is 1. The topological polar surface area (TPSA) is 15.3 Å². The maximum Gasteiger partial charge on any atom is 0.131 e. The quantitative estimate of drug-likeness (QED) is 0.864. The minimum absolute atomic E-state index is 0.233. The van der Waals surface area contributed by atoms with Crippen LogP contribution in [0.25, 0.3) is 11.1 Å². The number of rotatable bonds is 2. The molecule has 0 atom stereocenters. The molecule has 0 amide bonds. The largest absolute Gasteiger partial charge is 0.303 e. The highest BCUT2D eigenvalue weighted by Gasteiger charge is 2.21. The van der Waals surface area contributed by atoms with Gasteiger partial charge in [0.1, 0.15) is 5.82 Å². The lowest BCUT2D eigenvalue weighted by Crippen LogP contribution is -2.32. The zero-order valence-electron chi connectivity index (χ0n) is 12.4. The number of halogens is 2. The summed E-state index contributed by atoms with van der Waals surface area (Å²) in [6.45, 7) is 1.95. The summed E-state index contributed by atoms with van der Waals surface area (Å²) in [6.07, 6.45) is 1.96. The van der Waals surface area contributed by atoms with E-state index in [1.807, 2.05) is 55.5 Å². The molecule has 0 fully saturated rings. The average molecular weight is 315 g/mol. The Labute approximate surface area is 134 Å². The molecule has 3 rings (SSSR count). The predicted molar refractivity (Wildman–Crippen MR) is 89.3 cm³/mol. The first-order valence-electron chi connectivity index (χ1n) is 6.99. The van der Waals surface area contributed by atoms with Crippen LogP contribution in [0.1, 0.15) is 18.1 Å². The van der Waals surface area contributed by atoms with Crippen molar-refractivity contribution in [3.63, 3.8) is 0 Å². The number of hydrogen-bond donors (Lipinski definition) is 1. The number of allylic oxidation sites excluding steroid dienone is 3. The van der Waals surface area contributed by atoms with Crippen molar-refractivity contribution < 1.29 is 4.39 Å². The van der Waals surface area contributed by atoms with Gasteiger partial charge in [-0.05, 0) is 30.7 Å².